The number of nitro groups is 1. The lowest BCUT2D eigenvalue weighted by molar-refractivity contribution is -0.384. The Morgan fingerprint density at radius 1 is 1.59 bits per heavy atom. The zero-order valence-electron chi connectivity index (χ0n) is 9.54. The van der Waals surface area contributed by atoms with Crippen LogP contribution in [-0.4, -0.2) is 21.2 Å². The Balaban J connectivity index is 3.13. The van der Waals surface area contributed by atoms with Crippen molar-refractivity contribution in [3.8, 4) is 0 Å². The number of hydrogen-bond acceptors (Lipinski definition) is 4. The summed E-state index contributed by atoms with van der Waals surface area (Å²) in [6, 6.07) is 3.93. The molecule has 0 aliphatic heterocycles. The highest BCUT2D eigenvalue weighted by molar-refractivity contribution is 8.00. The first kappa shape index (κ1) is 13.5. The van der Waals surface area contributed by atoms with E-state index in [2.05, 4.69) is 0 Å². The molecule has 0 fully saturated rings. The van der Waals surface area contributed by atoms with Crippen LogP contribution in [0.3, 0.4) is 0 Å². The number of nitro benzene ring substituents is 1. The van der Waals surface area contributed by atoms with Gasteiger partial charge < -0.3 is 5.11 Å². The minimum absolute atomic E-state index is 0.00972. The normalized spacial score (nSPS) is 12.1. The first-order valence-corrected chi connectivity index (χ1v) is 6.02. The maximum absolute atomic E-state index is 11.0. The molecule has 1 unspecified atom stereocenters. The lowest BCUT2D eigenvalue weighted by atomic mass is 10.2. The van der Waals surface area contributed by atoms with Crippen LogP contribution in [0.25, 0.3) is 0 Å². The summed E-state index contributed by atoms with van der Waals surface area (Å²) in [6.07, 6.45) is 0.903. The van der Waals surface area contributed by atoms with Gasteiger partial charge in [-0.3, -0.25) is 10.1 Å². The van der Waals surface area contributed by atoms with Gasteiger partial charge in [-0.05, 0) is 12.5 Å². The second-order valence-corrected chi connectivity index (χ2v) is 5.06. The van der Waals surface area contributed by atoms with Crippen molar-refractivity contribution in [1.29, 1.82) is 0 Å². The molecule has 92 valence electrons. The van der Waals surface area contributed by atoms with Gasteiger partial charge in [0.25, 0.3) is 5.69 Å². The van der Waals surface area contributed by atoms with E-state index in [4.69, 9.17) is 5.11 Å². The van der Waals surface area contributed by atoms with Crippen molar-refractivity contribution in [3.63, 3.8) is 0 Å². The van der Waals surface area contributed by atoms with E-state index < -0.39 is 10.9 Å². The van der Waals surface area contributed by atoms with Gasteiger partial charge >= 0.3 is 5.97 Å². The molecule has 0 aromatic heterocycles. The minimum Gasteiger partial charge on any atom is -0.478 e. The Labute approximate surface area is 103 Å². The molecular formula is C11H13NO4S. The molecule has 5 nitrogen and oxygen atoms in total. The first-order chi connectivity index (χ1) is 7.95. The number of thioether (sulfide) groups is 1. The van der Waals surface area contributed by atoms with E-state index >= 15 is 0 Å². The topological polar surface area (TPSA) is 80.4 Å². The van der Waals surface area contributed by atoms with Gasteiger partial charge in [-0.2, -0.15) is 0 Å². The van der Waals surface area contributed by atoms with Gasteiger partial charge in [0.05, 0.1) is 10.5 Å². The molecule has 0 radical (unpaired) electrons. The van der Waals surface area contributed by atoms with Crippen LogP contribution in [0.2, 0.25) is 0 Å². The molecule has 1 rings (SSSR count). The van der Waals surface area contributed by atoms with E-state index in [9.17, 15) is 14.9 Å². The highest BCUT2D eigenvalue weighted by atomic mass is 32.2. The van der Waals surface area contributed by atoms with E-state index in [1.54, 1.807) is 0 Å². The van der Waals surface area contributed by atoms with Gasteiger partial charge in [0, 0.05) is 22.3 Å². The third-order valence-electron chi connectivity index (χ3n) is 2.31. The Hall–Kier alpha value is -1.56. The molecule has 1 N–H and O–H groups in total. The van der Waals surface area contributed by atoms with Crippen molar-refractivity contribution in [1.82, 2.24) is 0 Å². The number of benzene rings is 1. The van der Waals surface area contributed by atoms with Crippen LogP contribution in [0.1, 0.15) is 30.6 Å². The Morgan fingerprint density at radius 3 is 2.71 bits per heavy atom. The van der Waals surface area contributed by atoms with E-state index in [-0.39, 0.29) is 16.5 Å². The van der Waals surface area contributed by atoms with Crippen molar-refractivity contribution in [2.75, 3.05) is 0 Å². The summed E-state index contributed by atoms with van der Waals surface area (Å²) in [7, 11) is 0. The van der Waals surface area contributed by atoms with E-state index in [0.29, 0.717) is 4.90 Å². The van der Waals surface area contributed by atoms with E-state index in [0.717, 1.165) is 12.5 Å². The lowest BCUT2D eigenvalue weighted by Gasteiger charge is -2.10. The van der Waals surface area contributed by atoms with Crippen LogP contribution in [0, 0.1) is 10.1 Å². The average molecular weight is 255 g/mol. The van der Waals surface area contributed by atoms with Crippen molar-refractivity contribution >= 4 is 23.4 Å². The summed E-state index contributed by atoms with van der Waals surface area (Å²) >= 11 is 1.42. The highest BCUT2D eigenvalue weighted by Gasteiger charge is 2.17. The summed E-state index contributed by atoms with van der Waals surface area (Å²) in [5.74, 6) is -1.14. The van der Waals surface area contributed by atoms with Crippen LogP contribution in [0.4, 0.5) is 5.69 Å². The van der Waals surface area contributed by atoms with Crippen LogP contribution in [-0.2, 0) is 0 Å². The molecule has 0 amide bonds. The maximum Gasteiger partial charge on any atom is 0.337 e. The predicted octanol–water partition coefficient (Wildman–Crippen LogP) is 3.18. The fourth-order valence-corrected chi connectivity index (χ4v) is 2.22. The molecule has 0 heterocycles. The number of carbonyl (C=O) groups is 1. The molecule has 1 atom stereocenters. The molecule has 6 heteroatoms. The molecule has 0 saturated carbocycles. The number of nitrogens with zero attached hydrogens (tertiary/aromatic N) is 1. The van der Waals surface area contributed by atoms with Gasteiger partial charge in [0.2, 0.25) is 0 Å². The van der Waals surface area contributed by atoms with Gasteiger partial charge in [-0.15, -0.1) is 11.8 Å². The van der Waals surface area contributed by atoms with Gasteiger partial charge in [-0.1, -0.05) is 13.8 Å². The molecule has 17 heavy (non-hydrogen) atoms. The number of carboxylic acid groups (broad SMARTS) is 1. The van der Waals surface area contributed by atoms with Crippen LogP contribution in [0.15, 0.2) is 23.1 Å². The second-order valence-electron chi connectivity index (χ2n) is 3.58. The van der Waals surface area contributed by atoms with Crippen LogP contribution < -0.4 is 0 Å². The van der Waals surface area contributed by atoms with Crippen molar-refractivity contribution < 1.29 is 14.8 Å². The van der Waals surface area contributed by atoms with E-state index in [1.165, 1.54) is 23.9 Å². The summed E-state index contributed by atoms with van der Waals surface area (Å²) in [6.45, 7) is 3.99. The van der Waals surface area contributed by atoms with Crippen molar-refractivity contribution in [2.45, 2.75) is 30.4 Å². The number of aromatic carboxylic acids is 1. The molecule has 0 aliphatic rings. The molecular weight excluding hydrogens is 242 g/mol. The number of non-ortho nitro benzene ring substituents is 1. The molecule has 0 spiro atoms. The third-order valence-corrected chi connectivity index (χ3v) is 3.65. The monoisotopic (exact) mass is 255 g/mol. The number of carboxylic acids is 1. The lowest BCUT2D eigenvalue weighted by Crippen LogP contribution is -2.03. The minimum atomic E-state index is -1.14. The van der Waals surface area contributed by atoms with Crippen molar-refractivity contribution in [2.24, 2.45) is 0 Å². The molecule has 0 saturated heterocycles. The summed E-state index contributed by atoms with van der Waals surface area (Å²) in [5.41, 5.74) is -0.208. The van der Waals surface area contributed by atoms with Crippen molar-refractivity contribution in [3.05, 3.63) is 33.9 Å². The number of rotatable bonds is 5. The highest BCUT2D eigenvalue weighted by Crippen LogP contribution is 2.30. The fourth-order valence-electron chi connectivity index (χ4n) is 1.20. The summed E-state index contributed by atoms with van der Waals surface area (Å²) in [5, 5.41) is 19.9. The Kier molecular flexibility index (Phi) is 4.51. The van der Waals surface area contributed by atoms with Gasteiger partial charge in [0.1, 0.15) is 0 Å². The van der Waals surface area contributed by atoms with E-state index in [1.807, 2.05) is 13.8 Å². The molecule has 0 aliphatic carbocycles. The Bertz CT molecular complexity index is 447. The molecule has 1 aromatic carbocycles. The first-order valence-electron chi connectivity index (χ1n) is 5.14. The van der Waals surface area contributed by atoms with Gasteiger partial charge in [-0.25, -0.2) is 4.79 Å². The second kappa shape index (κ2) is 5.67. The molecule has 1 aromatic rings. The Morgan fingerprint density at radius 2 is 2.24 bits per heavy atom. The zero-order valence-corrected chi connectivity index (χ0v) is 10.4. The smallest absolute Gasteiger partial charge is 0.337 e. The largest absolute Gasteiger partial charge is 0.478 e. The quantitative estimate of drug-likeness (QED) is 0.496. The van der Waals surface area contributed by atoms with Crippen LogP contribution >= 0.6 is 11.8 Å². The average Bonchev–Trinajstić information content (AvgIpc) is 2.28. The molecule has 0 bridgehead atoms. The fraction of sp³-hybridized carbons (Fsp3) is 0.364. The SMILES string of the molecule is CCC(C)Sc1ccc([N+](=O)[O-])cc1C(=O)O. The summed E-state index contributed by atoms with van der Waals surface area (Å²) < 4.78 is 0. The van der Waals surface area contributed by atoms with Gasteiger partial charge in [0.15, 0.2) is 0 Å². The zero-order chi connectivity index (χ0) is 13.0. The maximum atomic E-state index is 11.0. The third kappa shape index (κ3) is 3.45. The predicted molar refractivity (Wildman–Crippen MR) is 65.7 cm³/mol. The van der Waals surface area contributed by atoms with Crippen LogP contribution in [0.5, 0.6) is 0 Å². The number of hydrogen-bond donors (Lipinski definition) is 1. The standard InChI is InChI=1S/C11H13NO4S/c1-3-7(2)17-10-5-4-8(12(15)16)6-9(10)11(13)14/h4-7H,3H2,1-2H3,(H,13,14). The summed E-state index contributed by atoms with van der Waals surface area (Å²) in [4.78, 5) is 21.6.